The lowest BCUT2D eigenvalue weighted by atomic mass is 10.1. The molecule has 0 spiro atoms. The number of benzene rings is 1. The molecule has 0 fully saturated rings. The fourth-order valence-corrected chi connectivity index (χ4v) is 1.76. The highest BCUT2D eigenvalue weighted by Crippen LogP contribution is 2.20. The molecule has 1 aromatic heterocycles. The molecule has 2 aromatic rings. The highest BCUT2D eigenvalue weighted by atomic mass is 16.5. The third-order valence-corrected chi connectivity index (χ3v) is 2.68. The van der Waals surface area contributed by atoms with Gasteiger partial charge in [0.1, 0.15) is 24.3 Å². The lowest BCUT2D eigenvalue weighted by Gasteiger charge is -2.09. The van der Waals surface area contributed by atoms with Gasteiger partial charge in [0.25, 0.3) is 0 Å². The molecule has 18 heavy (non-hydrogen) atoms. The third kappa shape index (κ3) is 2.34. The van der Waals surface area contributed by atoms with E-state index in [0.29, 0.717) is 23.7 Å². The van der Waals surface area contributed by atoms with Gasteiger partial charge in [-0.3, -0.25) is 0 Å². The number of aliphatic hydroxyl groups excluding tert-OH is 1. The van der Waals surface area contributed by atoms with Gasteiger partial charge in [0.2, 0.25) is 0 Å². The van der Waals surface area contributed by atoms with E-state index in [0.717, 1.165) is 5.56 Å². The van der Waals surface area contributed by atoms with Crippen LogP contribution in [0.1, 0.15) is 17.0 Å². The molecule has 0 atom stereocenters. The number of nitriles is 1. The van der Waals surface area contributed by atoms with Gasteiger partial charge in [-0.2, -0.15) is 5.26 Å². The number of hydrogen-bond acceptors (Lipinski definition) is 4. The summed E-state index contributed by atoms with van der Waals surface area (Å²) in [4.78, 5) is 4.04. The van der Waals surface area contributed by atoms with Gasteiger partial charge in [-0.05, 0) is 17.7 Å². The van der Waals surface area contributed by atoms with Gasteiger partial charge in [0.05, 0.1) is 12.7 Å². The van der Waals surface area contributed by atoms with Crippen LogP contribution in [0.2, 0.25) is 0 Å². The fourth-order valence-electron chi connectivity index (χ4n) is 1.76. The van der Waals surface area contributed by atoms with Gasteiger partial charge in [0, 0.05) is 18.9 Å². The number of rotatable bonds is 4. The molecule has 0 aliphatic rings. The van der Waals surface area contributed by atoms with Crippen LogP contribution in [0, 0.1) is 11.3 Å². The van der Waals surface area contributed by atoms with Crippen molar-refractivity contribution in [3.8, 4) is 11.8 Å². The zero-order valence-corrected chi connectivity index (χ0v) is 10.00. The van der Waals surface area contributed by atoms with E-state index in [2.05, 4.69) is 11.1 Å². The molecule has 5 heteroatoms. The Bertz CT molecular complexity index is 584. The summed E-state index contributed by atoms with van der Waals surface area (Å²) in [5, 5.41) is 18.0. The van der Waals surface area contributed by atoms with Crippen molar-refractivity contribution in [3.63, 3.8) is 0 Å². The van der Waals surface area contributed by atoms with Crippen LogP contribution in [0.5, 0.6) is 5.75 Å². The molecule has 0 saturated carbocycles. The molecule has 0 aliphatic heterocycles. The van der Waals surface area contributed by atoms with Crippen LogP contribution in [0.15, 0.2) is 30.6 Å². The van der Waals surface area contributed by atoms with E-state index in [1.807, 2.05) is 16.7 Å². The predicted octanol–water partition coefficient (Wildman–Crippen LogP) is 1.30. The Morgan fingerprint density at radius 1 is 1.50 bits per heavy atom. The summed E-state index contributed by atoms with van der Waals surface area (Å²) in [6.07, 6.45) is 3.45. The number of nitrogens with zero attached hydrogens (tertiary/aromatic N) is 3. The van der Waals surface area contributed by atoms with Crippen molar-refractivity contribution in [3.05, 3.63) is 47.5 Å². The monoisotopic (exact) mass is 243 g/mol. The summed E-state index contributed by atoms with van der Waals surface area (Å²) in [6, 6.07) is 7.48. The topological polar surface area (TPSA) is 71.1 Å². The molecular weight excluding hydrogens is 230 g/mol. The van der Waals surface area contributed by atoms with E-state index >= 15 is 0 Å². The number of methoxy groups -OCH3 is 1. The second-order valence-corrected chi connectivity index (χ2v) is 3.78. The Morgan fingerprint density at radius 2 is 2.33 bits per heavy atom. The summed E-state index contributed by atoms with van der Waals surface area (Å²) in [7, 11) is 1.54. The van der Waals surface area contributed by atoms with E-state index < -0.39 is 0 Å². The number of imidazole rings is 1. The minimum Gasteiger partial charge on any atom is -0.495 e. The molecule has 0 aliphatic carbocycles. The van der Waals surface area contributed by atoms with Crippen LogP contribution in [0.25, 0.3) is 0 Å². The van der Waals surface area contributed by atoms with Crippen LogP contribution >= 0.6 is 0 Å². The molecule has 1 N–H and O–H groups in total. The Balaban J connectivity index is 2.28. The zero-order chi connectivity index (χ0) is 13.0. The standard InChI is InChI=1S/C13H13N3O2/c1-18-12-6-10(2-3-11(12)7-14)8-16-5-4-15-13(16)9-17/h2-6,17H,8-9H2,1H3. The number of hydrogen-bond donors (Lipinski definition) is 1. The number of ether oxygens (including phenoxy) is 1. The first-order valence-corrected chi connectivity index (χ1v) is 5.46. The van der Waals surface area contributed by atoms with Crippen LogP contribution in [-0.4, -0.2) is 21.8 Å². The van der Waals surface area contributed by atoms with E-state index in [1.165, 1.54) is 7.11 Å². The largest absolute Gasteiger partial charge is 0.495 e. The zero-order valence-electron chi connectivity index (χ0n) is 10.00. The van der Waals surface area contributed by atoms with Crippen molar-refractivity contribution in [2.45, 2.75) is 13.2 Å². The van der Waals surface area contributed by atoms with Gasteiger partial charge in [-0.15, -0.1) is 0 Å². The number of aromatic nitrogens is 2. The predicted molar refractivity (Wildman–Crippen MR) is 65.0 cm³/mol. The lowest BCUT2D eigenvalue weighted by Crippen LogP contribution is -2.04. The highest BCUT2D eigenvalue weighted by molar-refractivity contribution is 5.45. The summed E-state index contributed by atoms with van der Waals surface area (Å²) in [6.45, 7) is 0.484. The molecule has 0 unspecified atom stereocenters. The van der Waals surface area contributed by atoms with Crippen molar-refractivity contribution < 1.29 is 9.84 Å². The van der Waals surface area contributed by atoms with E-state index in [9.17, 15) is 0 Å². The Hall–Kier alpha value is -2.32. The molecule has 5 nitrogen and oxygen atoms in total. The SMILES string of the molecule is COc1cc(Cn2ccnc2CO)ccc1C#N. The average Bonchev–Trinajstić information content (AvgIpc) is 2.85. The van der Waals surface area contributed by atoms with Crippen LogP contribution in [0.4, 0.5) is 0 Å². The maximum atomic E-state index is 9.12. The summed E-state index contributed by atoms with van der Waals surface area (Å²) in [5.74, 6) is 1.17. The van der Waals surface area contributed by atoms with Gasteiger partial charge in [-0.25, -0.2) is 4.98 Å². The second kappa shape index (κ2) is 5.34. The minimum absolute atomic E-state index is 0.0968. The first-order chi connectivity index (χ1) is 8.78. The number of aliphatic hydroxyl groups is 1. The molecule has 2 rings (SSSR count). The van der Waals surface area contributed by atoms with Crippen LogP contribution in [0.3, 0.4) is 0 Å². The van der Waals surface area contributed by atoms with Crippen LogP contribution < -0.4 is 4.74 Å². The molecular formula is C13H13N3O2. The van der Waals surface area contributed by atoms with Gasteiger partial charge >= 0.3 is 0 Å². The Labute approximate surface area is 105 Å². The smallest absolute Gasteiger partial charge is 0.136 e. The van der Waals surface area contributed by atoms with E-state index in [-0.39, 0.29) is 6.61 Å². The van der Waals surface area contributed by atoms with Gasteiger partial charge < -0.3 is 14.4 Å². The van der Waals surface area contributed by atoms with E-state index in [1.54, 1.807) is 18.5 Å². The quantitative estimate of drug-likeness (QED) is 0.878. The van der Waals surface area contributed by atoms with Gasteiger partial charge in [-0.1, -0.05) is 6.07 Å². The lowest BCUT2D eigenvalue weighted by molar-refractivity contribution is 0.266. The summed E-state index contributed by atoms with van der Waals surface area (Å²) >= 11 is 0. The molecule has 0 bridgehead atoms. The summed E-state index contributed by atoms with van der Waals surface area (Å²) in [5.41, 5.74) is 1.49. The first-order valence-electron chi connectivity index (χ1n) is 5.46. The Kier molecular flexibility index (Phi) is 3.60. The molecule has 92 valence electrons. The van der Waals surface area contributed by atoms with Crippen molar-refractivity contribution in [2.75, 3.05) is 7.11 Å². The average molecular weight is 243 g/mol. The fraction of sp³-hybridized carbons (Fsp3) is 0.231. The van der Waals surface area contributed by atoms with Crippen molar-refractivity contribution in [2.24, 2.45) is 0 Å². The van der Waals surface area contributed by atoms with Gasteiger partial charge in [0.15, 0.2) is 0 Å². The third-order valence-electron chi connectivity index (χ3n) is 2.68. The first kappa shape index (κ1) is 12.1. The minimum atomic E-state index is -0.0968. The summed E-state index contributed by atoms with van der Waals surface area (Å²) < 4.78 is 7.00. The van der Waals surface area contributed by atoms with Crippen molar-refractivity contribution in [1.29, 1.82) is 5.26 Å². The molecule has 1 heterocycles. The van der Waals surface area contributed by atoms with Crippen LogP contribution in [-0.2, 0) is 13.2 Å². The maximum absolute atomic E-state index is 9.12. The highest BCUT2D eigenvalue weighted by Gasteiger charge is 2.06. The molecule has 0 saturated heterocycles. The van der Waals surface area contributed by atoms with Crippen molar-refractivity contribution in [1.82, 2.24) is 9.55 Å². The second-order valence-electron chi connectivity index (χ2n) is 3.78. The molecule has 0 amide bonds. The molecule has 1 aromatic carbocycles. The molecule has 0 radical (unpaired) electrons. The Morgan fingerprint density at radius 3 is 3.00 bits per heavy atom. The van der Waals surface area contributed by atoms with E-state index in [4.69, 9.17) is 15.1 Å². The maximum Gasteiger partial charge on any atom is 0.136 e. The van der Waals surface area contributed by atoms with Crippen molar-refractivity contribution >= 4 is 0 Å². The normalized spacial score (nSPS) is 10.1.